The molecule has 1 N–H and O–H groups in total. The lowest BCUT2D eigenvalue weighted by atomic mass is 10.1. The van der Waals surface area contributed by atoms with Crippen molar-refractivity contribution in [3.8, 4) is 0 Å². The predicted molar refractivity (Wildman–Crippen MR) is 118 cm³/mol. The SMILES string of the molecule is O=C1C(=Cc2ccc([N+](=O)[O-])cc2)N=C(c2ccccc2)N1c1ccc(S(=O)(=O)O)cc1. The third-order valence-corrected chi connectivity index (χ3v) is 5.56. The number of amides is 1. The standard InChI is InChI=1S/C22H15N3O6S/c26-22-20(14-15-6-8-18(9-7-15)25(27)28)23-21(16-4-2-1-3-5-16)24(22)17-10-12-19(13-11-17)32(29,30)31/h1-14H,(H,29,30,31). The van der Waals surface area contributed by atoms with E-state index < -0.39 is 20.9 Å². The van der Waals surface area contributed by atoms with Crippen molar-refractivity contribution in [1.82, 2.24) is 0 Å². The van der Waals surface area contributed by atoms with Gasteiger partial charge in [-0.3, -0.25) is 24.4 Å². The van der Waals surface area contributed by atoms with Gasteiger partial charge >= 0.3 is 0 Å². The van der Waals surface area contributed by atoms with E-state index in [9.17, 15) is 27.9 Å². The number of aliphatic imine (C=N–C) groups is 1. The maximum Gasteiger partial charge on any atom is 0.294 e. The molecule has 0 fully saturated rings. The lowest BCUT2D eigenvalue weighted by Crippen LogP contribution is -2.32. The average Bonchev–Trinajstić information content (AvgIpc) is 3.10. The van der Waals surface area contributed by atoms with Crippen LogP contribution in [0.4, 0.5) is 11.4 Å². The zero-order chi connectivity index (χ0) is 22.9. The van der Waals surface area contributed by atoms with Gasteiger partial charge in [0.05, 0.1) is 15.5 Å². The Labute approximate surface area is 182 Å². The summed E-state index contributed by atoms with van der Waals surface area (Å²) in [6, 6.07) is 19.8. The van der Waals surface area contributed by atoms with E-state index in [4.69, 9.17) is 0 Å². The largest absolute Gasteiger partial charge is 0.294 e. The van der Waals surface area contributed by atoms with E-state index in [-0.39, 0.29) is 16.3 Å². The number of carbonyl (C=O) groups excluding carboxylic acids is 1. The normalized spacial score (nSPS) is 15.2. The molecule has 0 bridgehead atoms. The van der Waals surface area contributed by atoms with Crippen LogP contribution in [-0.2, 0) is 14.9 Å². The molecule has 0 spiro atoms. The Morgan fingerprint density at radius 1 is 0.938 bits per heavy atom. The first-order valence-electron chi connectivity index (χ1n) is 9.26. The number of hydrogen-bond donors (Lipinski definition) is 1. The maximum atomic E-state index is 13.2. The molecule has 10 heteroatoms. The maximum absolute atomic E-state index is 13.2. The summed E-state index contributed by atoms with van der Waals surface area (Å²) < 4.78 is 31.9. The number of nitro groups is 1. The smallest absolute Gasteiger partial charge is 0.282 e. The highest BCUT2D eigenvalue weighted by atomic mass is 32.2. The summed E-state index contributed by atoms with van der Waals surface area (Å²) in [6.07, 6.45) is 1.52. The van der Waals surface area contributed by atoms with Crippen molar-refractivity contribution in [2.75, 3.05) is 4.90 Å². The van der Waals surface area contributed by atoms with E-state index in [0.29, 0.717) is 22.6 Å². The van der Waals surface area contributed by atoms with Gasteiger partial charge in [0.25, 0.3) is 21.7 Å². The summed E-state index contributed by atoms with van der Waals surface area (Å²) in [5.74, 6) is -0.120. The topological polar surface area (TPSA) is 130 Å². The molecule has 1 aliphatic heterocycles. The minimum absolute atomic E-state index is 0.0704. The molecule has 3 aromatic carbocycles. The zero-order valence-corrected chi connectivity index (χ0v) is 17.1. The van der Waals surface area contributed by atoms with Crippen LogP contribution in [0.15, 0.2) is 94.4 Å². The fourth-order valence-electron chi connectivity index (χ4n) is 3.15. The molecule has 0 unspecified atom stereocenters. The van der Waals surface area contributed by atoms with Crippen molar-refractivity contribution >= 4 is 39.3 Å². The van der Waals surface area contributed by atoms with Crippen molar-refractivity contribution in [3.05, 3.63) is 106 Å². The van der Waals surface area contributed by atoms with Crippen LogP contribution in [0.25, 0.3) is 6.08 Å². The molecule has 32 heavy (non-hydrogen) atoms. The molecule has 160 valence electrons. The third-order valence-electron chi connectivity index (χ3n) is 4.69. The Morgan fingerprint density at radius 3 is 2.12 bits per heavy atom. The number of nitrogens with zero attached hydrogens (tertiary/aromatic N) is 3. The average molecular weight is 449 g/mol. The monoisotopic (exact) mass is 449 g/mol. The van der Waals surface area contributed by atoms with Gasteiger partial charge in [0.2, 0.25) is 0 Å². The molecule has 0 aromatic heterocycles. The Kier molecular flexibility index (Phi) is 5.39. The van der Waals surface area contributed by atoms with Gasteiger partial charge in [0.1, 0.15) is 11.5 Å². The minimum Gasteiger partial charge on any atom is -0.282 e. The number of hydrogen-bond acceptors (Lipinski definition) is 6. The van der Waals surface area contributed by atoms with E-state index in [1.807, 2.05) is 6.07 Å². The lowest BCUT2D eigenvalue weighted by Gasteiger charge is -2.18. The number of benzene rings is 3. The quantitative estimate of drug-likeness (QED) is 0.274. The van der Waals surface area contributed by atoms with Gasteiger partial charge in [-0.25, -0.2) is 4.99 Å². The van der Waals surface area contributed by atoms with Gasteiger partial charge in [-0.1, -0.05) is 30.3 Å². The minimum atomic E-state index is -4.38. The summed E-state index contributed by atoms with van der Waals surface area (Å²) in [6.45, 7) is 0. The van der Waals surface area contributed by atoms with Crippen LogP contribution >= 0.6 is 0 Å². The summed E-state index contributed by atoms with van der Waals surface area (Å²) in [7, 11) is -4.38. The molecular weight excluding hydrogens is 434 g/mol. The van der Waals surface area contributed by atoms with Gasteiger partial charge in [0.15, 0.2) is 0 Å². The molecule has 1 amide bonds. The number of rotatable bonds is 5. The Bertz CT molecular complexity index is 1360. The third kappa shape index (κ3) is 4.17. The van der Waals surface area contributed by atoms with Crippen molar-refractivity contribution in [2.24, 2.45) is 4.99 Å². The van der Waals surface area contributed by atoms with E-state index in [1.165, 1.54) is 59.5 Å². The van der Waals surface area contributed by atoms with Crippen LogP contribution in [0.2, 0.25) is 0 Å². The highest BCUT2D eigenvalue weighted by molar-refractivity contribution is 7.85. The van der Waals surface area contributed by atoms with Gasteiger partial charge < -0.3 is 0 Å². The summed E-state index contributed by atoms with van der Waals surface area (Å²) in [5.41, 5.74) is 1.61. The van der Waals surface area contributed by atoms with Crippen LogP contribution < -0.4 is 4.90 Å². The molecular formula is C22H15N3O6S. The van der Waals surface area contributed by atoms with Crippen molar-refractivity contribution in [1.29, 1.82) is 0 Å². The predicted octanol–water partition coefficient (Wildman–Crippen LogP) is 3.68. The second-order valence-corrected chi connectivity index (χ2v) is 8.21. The molecule has 4 rings (SSSR count). The second-order valence-electron chi connectivity index (χ2n) is 6.79. The number of amidine groups is 1. The number of non-ortho nitro benzene ring substituents is 1. The molecule has 1 heterocycles. The number of anilines is 1. The second kappa shape index (κ2) is 8.17. The molecule has 3 aromatic rings. The fourth-order valence-corrected chi connectivity index (χ4v) is 3.63. The lowest BCUT2D eigenvalue weighted by molar-refractivity contribution is -0.384. The molecule has 9 nitrogen and oxygen atoms in total. The highest BCUT2D eigenvalue weighted by Crippen LogP contribution is 2.29. The van der Waals surface area contributed by atoms with Gasteiger partial charge in [-0.15, -0.1) is 0 Å². The van der Waals surface area contributed by atoms with Gasteiger partial charge in [-0.2, -0.15) is 8.42 Å². The summed E-state index contributed by atoms with van der Waals surface area (Å²) in [4.78, 5) is 29.1. The summed E-state index contributed by atoms with van der Waals surface area (Å²) >= 11 is 0. The molecule has 1 aliphatic rings. The zero-order valence-electron chi connectivity index (χ0n) is 16.3. The Balaban J connectivity index is 1.77. The summed E-state index contributed by atoms with van der Waals surface area (Å²) in [5, 5.41) is 10.8. The molecule has 0 aliphatic carbocycles. The first kappa shape index (κ1) is 21.1. The fraction of sp³-hybridized carbons (Fsp3) is 0. The van der Waals surface area contributed by atoms with Crippen LogP contribution in [0, 0.1) is 10.1 Å². The Hall–Kier alpha value is -4.15. The van der Waals surface area contributed by atoms with Gasteiger partial charge in [0, 0.05) is 17.7 Å². The van der Waals surface area contributed by atoms with Crippen molar-refractivity contribution < 1.29 is 22.7 Å². The first-order valence-corrected chi connectivity index (χ1v) is 10.7. The van der Waals surface area contributed by atoms with E-state index in [1.54, 1.807) is 24.3 Å². The molecule has 0 radical (unpaired) electrons. The first-order chi connectivity index (χ1) is 15.2. The van der Waals surface area contributed by atoms with Crippen LogP contribution in [0.3, 0.4) is 0 Å². The van der Waals surface area contributed by atoms with E-state index in [0.717, 1.165) is 0 Å². The van der Waals surface area contributed by atoms with Gasteiger partial charge in [-0.05, 0) is 48.0 Å². The van der Waals surface area contributed by atoms with Crippen LogP contribution in [0.5, 0.6) is 0 Å². The van der Waals surface area contributed by atoms with Crippen molar-refractivity contribution in [2.45, 2.75) is 4.90 Å². The molecule has 0 atom stereocenters. The number of nitro benzene ring substituents is 1. The van der Waals surface area contributed by atoms with Crippen molar-refractivity contribution in [3.63, 3.8) is 0 Å². The Morgan fingerprint density at radius 2 is 1.56 bits per heavy atom. The van der Waals surface area contributed by atoms with Crippen LogP contribution in [-0.4, -0.2) is 29.6 Å². The van der Waals surface area contributed by atoms with E-state index >= 15 is 0 Å². The number of carbonyl (C=O) groups is 1. The van der Waals surface area contributed by atoms with E-state index in [2.05, 4.69) is 4.99 Å². The highest BCUT2D eigenvalue weighted by Gasteiger charge is 2.32. The molecule has 0 saturated heterocycles. The molecule has 0 saturated carbocycles. The van der Waals surface area contributed by atoms with Crippen LogP contribution in [0.1, 0.15) is 11.1 Å².